The van der Waals surface area contributed by atoms with Gasteiger partial charge in [0.05, 0.1) is 0 Å². The van der Waals surface area contributed by atoms with Gasteiger partial charge >= 0.3 is 0 Å². The summed E-state index contributed by atoms with van der Waals surface area (Å²) in [6.45, 7) is 8.47. The molecule has 4 N–H and O–H groups in total. The Bertz CT molecular complexity index is 1090. The first-order valence-electron chi connectivity index (χ1n) is 11.1. The van der Waals surface area contributed by atoms with E-state index in [0.29, 0.717) is 5.56 Å². The average Bonchev–Trinajstić information content (AvgIpc) is 3.06. The summed E-state index contributed by atoms with van der Waals surface area (Å²) >= 11 is 0. The van der Waals surface area contributed by atoms with Crippen LogP contribution < -0.4 is 16.4 Å². The molecular weight excluding hydrogens is 386 g/mol. The van der Waals surface area contributed by atoms with Crippen molar-refractivity contribution in [1.82, 2.24) is 14.7 Å². The molecule has 31 heavy (non-hydrogen) atoms. The molecular formula is C25H33N5O. The van der Waals surface area contributed by atoms with Crippen molar-refractivity contribution in [3.8, 4) is 11.3 Å². The van der Waals surface area contributed by atoms with Gasteiger partial charge in [0.15, 0.2) is 0 Å². The zero-order valence-electron chi connectivity index (χ0n) is 18.9. The predicted molar refractivity (Wildman–Crippen MR) is 126 cm³/mol. The minimum absolute atomic E-state index is 0.0478. The van der Waals surface area contributed by atoms with Crippen LogP contribution in [0.15, 0.2) is 42.6 Å². The maximum absolute atomic E-state index is 12.9. The third-order valence-corrected chi connectivity index (χ3v) is 5.78. The highest BCUT2D eigenvalue weighted by atomic mass is 16.1. The van der Waals surface area contributed by atoms with Gasteiger partial charge in [-0.15, -0.1) is 0 Å². The minimum atomic E-state index is -0.133. The lowest BCUT2D eigenvalue weighted by atomic mass is 9.91. The summed E-state index contributed by atoms with van der Waals surface area (Å²) in [6.07, 6.45) is 5.74. The lowest BCUT2D eigenvalue weighted by Gasteiger charge is -2.26. The van der Waals surface area contributed by atoms with Crippen LogP contribution in [0.2, 0.25) is 0 Å². The Balaban J connectivity index is 1.68. The summed E-state index contributed by atoms with van der Waals surface area (Å²) in [5, 5.41) is 6.77. The topological polar surface area (TPSA) is 84.5 Å². The fraction of sp³-hybridized carbons (Fsp3) is 0.440. The molecule has 4 rings (SSSR count). The first-order valence-corrected chi connectivity index (χ1v) is 11.1. The van der Waals surface area contributed by atoms with Gasteiger partial charge in [-0.1, -0.05) is 23.8 Å². The van der Waals surface area contributed by atoms with E-state index < -0.39 is 0 Å². The van der Waals surface area contributed by atoms with E-state index in [0.717, 1.165) is 48.4 Å². The lowest BCUT2D eigenvalue weighted by Crippen LogP contribution is -2.40. The zero-order valence-corrected chi connectivity index (χ0v) is 18.9. The average molecular weight is 420 g/mol. The Morgan fingerprint density at radius 2 is 1.87 bits per heavy atom. The number of carbonyl (C=O) groups excluding carboxylic acids is 1. The van der Waals surface area contributed by atoms with Crippen molar-refractivity contribution >= 4 is 17.4 Å². The summed E-state index contributed by atoms with van der Waals surface area (Å²) in [4.78, 5) is 17.8. The Labute approximate surface area is 184 Å². The maximum atomic E-state index is 12.9. The van der Waals surface area contributed by atoms with Crippen LogP contribution in [0.25, 0.3) is 16.9 Å². The molecule has 0 spiro atoms. The molecule has 1 fully saturated rings. The summed E-state index contributed by atoms with van der Waals surface area (Å²) in [5.74, 6) is 0.884. The number of benzene rings is 1. The second-order valence-corrected chi connectivity index (χ2v) is 9.78. The maximum Gasteiger partial charge on any atom is 0.251 e. The van der Waals surface area contributed by atoms with Crippen molar-refractivity contribution in [2.45, 2.75) is 71.0 Å². The van der Waals surface area contributed by atoms with Crippen molar-refractivity contribution in [3.63, 3.8) is 0 Å². The Morgan fingerprint density at radius 3 is 2.55 bits per heavy atom. The van der Waals surface area contributed by atoms with E-state index in [1.165, 1.54) is 5.56 Å². The van der Waals surface area contributed by atoms with E-state index >= 15 is 0 Å². The molecule has 0 aliphatic heterocycles. The number of amides is 1. The van der Waals surface area contributed by atoms with Gasteiger partial charge in [-0.2, -0.15) is 0 Å². The fourth-order valence-electron chi connectivity index (χ4n) is 4.19. The van der Waals surface area contributed by atoms with Crippen LogP contribution in [0.3, 0.4) is 0 Å². The number of nitrogens with one attached hydrogen (secondary N) is 2. The summed E-state index contributed by atoms with van der Waals surface area (Å²) in [6, 6.07) is 12.5. The van der Waals surface area contributed by atoms with Gasteiger partial charge in [-0.25, -0.2) is 4.98 Å². The van der Waals surface area contributed by atoms with Gasteiger partial charge in [-0.3, -0.25) is 9.20 Å². The molecule has 1 saturated carbocycles. The molecule has 2 heterocycles. The van der Waals surface area contributed by atoms with E-state index in [2.05, 4.69) is 56.5 Å². The van der Waals surface area contributed by atoms with Crippen LogP contribution >= 0.6 is 0 Å². The smallest absolute Gasteiger partial charge is 0.251 e. The summed E-state index contributed by atoms with van der Waals surface area (Å²) in [7, 11) is 0. The molecule has 1 aliphatic rings. The van der Waals surface area contributed by atoms with Crippen LogP contribution in [0.5, 0.6) is 0 Å². The number of rotatable bonds is 4. The van der Waals surface area contributed by atoms with E-state index in [1.807, 2.05) is 28.8 Å². The van der Waals surface area contributed by atoms with Crippen molar-refractivity contribution < 1.29 is 4.79 Å². The van der Waals surface area contributed by atoms with E-state index in [4.69, 9.17) is 10.7 Å². The first-order chi connectivity index (χ1) is 14.7. The second kappa shape index (κ2) is 8.35. The van der Waals surface area contributed by atoms with E-state index in [-0.39, 0.29) is 23.5 Å². The quantitative estimate of drug-likeness (QED) is 0.580. The predicted octanol–water partition coefficient (Wildman–Crippen LogP) is 4.52. The van der Waals surface area contributed by atoms with Crippen LogP contribution in [0.4, 0.5) is 5.82 Å². The number of carbonyl (C=O) groups is 1. The van der Waals surface area contributed by atoms with Gasteiger partial charge in [0.2, 0.25) is 0 Å². The monoisotopic (exact) mass is 419 g/mol. The van der Waals surface area contributed by atoms with Crippen molar-refractivity contribution in [2.75, 3.05) is 5.32 Å². The van der Waals surface area contributed by atoms with Crippen LogP contribution in [-0.2, 0) is 0 Å². The van der Waals surface area contributed by atoms with E-state index in [1.54, 1.807) is 0 Å². The molecule has 0 saturated heterocycles. The van der Waals surface area contributed by atoms with Gasteiger partial charge < -0.3 is 16.4 Å². The van der Waals surface area contributed by atoms with Gasteiger partial charge in [0.1, 0.15) is 17.2 Å². The van der Waals surface area contributed by atoms with Crippen LogP contribution in [0, 0.1) is 6.92 Å². The van der Waals surface area contributed by atoms with Gasteiger partial charge in [-0.05, 0) is 71.6 Å². The molecule has 1 amide bonds. The number of fused-ring (bicyclic) bond motifs is 1. The minimum Gasteiger partial charge on any atom is -0.365 e. The number of hydrogen-bond donors (Lipinski definition) is 3. The molecule has 0 radical (unpaired) electrons. The first kappa shape index (κ1) is 21.4. The van der Waals surface area contributed by atoms with Gasteiger partial charge in [0, 0.05) is 34.9 Å². The molecule has 6 heteroatoms. The number of aryl methyl sites for hydroxylation is 1. The Hall–Kier alpha value is -2.86. The number of nitrogens with two attached hydrogens (primary N) is 1. The lowest BCUT2D eigenvalue weighted by molar-refractivity contribution is 0.0926. The molecule has 1 aliphatic carbocycles. The van der Waals surface area contributed by atoms with E-state index in [9.17, 15) is 4.79 Å². The van der Waals surface area contributed by atoms with Crippen molar-refractivity contribution in [1.29, 1.82) is 0 Å². The zero-order chi connectivity index (χ0) is 22.2. The number of nitrogens with zero attached hydrogens (tertiary/aromatic N) is 2. The third-order valence-electron chi connectivity index (χ3n) is 5.78. The molecule has 2 aromatic heterocycles. The SMILES string of the molecule is Cc1cccc(-c2nc3cc(C(=O)NC4CCC(N)CC4)ccn3c2NC(C)(C)C)c1. The largest absolute Gasteiger partial charge is 0.365 e. The Morgan fingerprint density at radius 1 is 1.13 bits per heavy atom. The molecule has 0 bridgehead atoms. The molecule has 1 aromatic carbocycles. The number of imidazole rings is 1. The van der Waals surface area contributed by atoms with Crippen molar-refractivity contribution in [2.24, 2.45) is 5.73 Å². The fourth-order valence-corrected chi connectivity index (χ4v) is 4.19. The highest BCUT2D eigenvalue weighted by Gasteiger charge is 2.23. The molecule has 0 unspecified atom stereocenters. The normalized spacial score (nSPS) is 19.4. The highest BCUT2D eigenvalue weighted by Crippen LogP contribution is 2.31. The number of pyridine rings is 1. The second-order valence-electron chi connectivity index (χ2n) is 9.78. The molecule has 0 atom stereocenters. The number of hydrogen-bond acceptors (Lipinski definition) is 4. The van der Waals surface area contributed by atoms with Crippen LogP contribution in [-0.4, -0.2) is 32.9 Å². The summed E-state index contributed by atoms with van der Waals surface area (Å²) in [5.41, 5.74) is 10.4. The number of anilines is 1. The Kier molecular flexibility index (Phi) is 5.75. The van der Waals surface area contributed by atoms with Crippen molar-refractivity contribution in [3.05, 3.63) is 53.7 Å². The number of aromatic nitrogens is 2. The van der Waals surface area contributed by atoms with Gasteiger partial charge in [0.25, 0.3) is 5.91 Å². The molecule has 6 nitrogen and oxygen atoms in total. The molecule has 164 valence electrons. The third kappa shape index (κ3) is 4.90. The highest BCUT2D eigenvalue weighted by molar-refractivity contribution is 5.95. The summed E-state index contributed by atoms with van der Waals surface area (Å²) < 4.78 is 2.03. The van der Waals surface area contributed by atoms with Crippen LogP contribution in [0.1, 0.15) is 62.4 Å². The molecule has 3 aromatic rings. The standard InChI is InChI=1S/C25H33N5O/c1-16-6-5-7-17(14-16)22-23(29-25(2,3)4)30-13-12-18(15-21(30)28-22)24(31)27-20-10-8-19(26)9-11-20/h5-7,12-15,19-20,29H,8-11,26H2,1-4H3,(H,27,31).